The first-order chi connectivity index (χ1) is 9.03. The van der Waals surface area contributed by atoms with Crippen LogP contribution in [0, 0.1) is 5.92 Å². The van der Waals surface area contributed by atoms with E-state index in [2.05, 4.69) is 0 Å². The summed E-state index contributed by atoms with van der Waals surface area (Å²) in [7, 11) is 1.92. The number of ether oxygens (including phenoxy) is 1. The molecular weight excluding hydrogens is 284 g/mol. The van der Waals surface area contributed by atoms with E-state index >= 15 is 0 Å². The number of hydrogen-bond donors (Lipinski definition) is 0. The fraction of sp³-hybridized carbons (Fsp3) is 0.571. The van der Waals surface area contributed by atoms with Crippen LogP contribution in [0.5, 0.6) is 0 Å². The average Bonchev–Trinajstić information content (AvgIpc) is 2.37. The van der Waals surface area contributed by atoms with Crippen molar-refractivity contribution in [3.8, 4) is 0 Å². The molecule has 1 aromatic rings. The molecule has 0 atom stereocenters. The molecule has 106 valence electrons. The Morgan fingerprint density at radius 1 is 1.11 bits per heavy atom. The van der Waals surface area contributed by atoms with Crippen LogP contribution in [-0.4, -0.2) is 20.3 Å². The highest BCUT2D eigenvalue weighted by atomic mass is 35.7. The number of benzene rings is 1. The van der Waals surface area contributed by atoms with Crippen LogP contribution in [-0.2, 0) is 20.4 Å². The summed E-state index contributed by atoms with van der Waals surface area (Å²) in [6.45, 7) is 0.629. The Morgan fingerprint density at radius 3 is 2.32 bits per heavy atom. The van der Waals surface area contributed by atoms with Gasteiger partial charge in [-0.15, -0.1) is 0 Å². The van der Waals surface area contributed by atoms with Gasteiger partial charge in [-0.05, 0) is 37.2 Å². The molecule has 19 heavy (non-hydrogen) atoms. The van der Waals surface area contributed by atoms with Crippen LogP contribution in [0.25, 0.3) is 0 Å². The van der Waals surface area contributed by atoms with Crippen molar-refractivity contribution >= 4 is 19.7 Å². The molecule has 0 bridgehead atoms. The molecule has 0 aromatic heterocycles. The average molecular weight is 303 g/mol. The Kier molecular flexibility index (Phi) is 5.25. The highest BCUT2D eigenvalue weighted by Crippen LogP contribution is 2.28. The van der Waals surface area contributed by atoms with Crippen LogP contribution < -0.4 is 0 Å². The third-order valence-electron chi connectivity index (χ3n) is 3.56. The molecule has 0 amide bonds. The van der Waals surface area contributed by atoms with Gasteiger partial charge in [0.2, 0.25) is 9.05 Å². The van der Waals surface area contributed by atoms with E-state index in [0.29, 0.717) is 6.61 Å². The van der Waals surface area contributed by atoms with Crippen molar-refractivity contribution in [1.29, 1.82) is 0 Å². The van der Waals surface area contributed by atoms with Gasteiger partial charge >= 0.3 is 0 Å². The van der Waals surface area contributed by atoms with Gasteiger partial charge in [0.05, 0.1) is 18.5 Å². The van der Waals surface area contributed by atoms with Crippen LogP contribution in [0.15, 0.2) is 30.3 Å². The van der Waals surface area contributed by atoms with Gasteiger partial charge < -0.3 is 4.74 Å². The SMILES string of the molecule is O=S(=O)(Cl)C[C@H]1CC[C@H](OCc2ccccc2)CC1. The summed E-state index contributed by atoms with van der Waals surface area (Å²) >= 11 is 0. The summed E-state index contributed by atoms with van der Waals surface area (Å²) in [6, 6.07) is 10.1. The minimum absolute atomic E-state index is 0.0972. The number of halogens is 1. The summed E-state index contributed by atoms with van der Waals surface area (Å²) in [6.07, 6.45) is 3.85. The van der Waals surface area contributed by atoms with E-state index in [9.17, 15) is 8.42 Å². The minimum atomic E-state index is -3.37. The normalized spacial score (nSPS) is 24.3. The van der Waals surface area contributed by atoms with Crippen LogP contribution in [0.3, 0.4) is 0 Å². The van der Waals surface area contributed by atoms with E-state index in [4.69, 9.17) is 15.4 Å². The number of rotatable bonds is 5. The number of hydrogen-bond acceptors (Lipinski definition) is 3. The van der Waals surface area contributed by atoms with E-state index in [1.807, 2.05) is 30.3 Å². The van der Waals surface area contributed by atoms with Gasteiger partial charge in [-0.25, -0.2) is 8.42 Å². The van der Waals surface area contributed by atoms with Gasteiger partial charge in [0.1, 0.15) is 0 Å². The van der Waals surface area contributed by atoms with Crippen molar-refractivity contribution in [2.45, 2.75) is 38.4 Å². The highest BCUT2D eigenvalue weighted by Gasteiger charge is 2.25. The molecule has 0 spiro atoms. The van der Waals surface area contributed by atoms with E-state index in [1.165, 1.54) is 5.56 Å². The first-order valence-electron chi connectivity index (χ1n) is 6.61. The van der Waals surface area contributed by atoms with E-state index in [0.717, 1.165) is 25.7 Å². The molecule has 0 aliphatic heterocycles. The maximum absolute atomic E-state index is 11.0. The van der Waals surface area contributed by atoms with E-state index in [-0.39, 0.29) is 17.8 Å². The maximum Gasteiger partial charge on any atom is 0.232 e. The zero-order chi connectivity index (χ0) is 13.7. The predicted octanol–water partition coefficient (Wildman–Crippen LogP) is 3.33. The molecule has 3 nitrogen and oxygen atoms in total. The molecule has 1 aromatic carbocycles. The molecule has 0 unspecified atom stereocenters. The molecule has 0 N–H and O–H groups in total. The van der Waals surface area contributed by atoms with Crippen molar-refractivity contribution in [3.63, 3.8) is 0 Å². The van der Waals surface area contributed by atoms with Crippen molar-refractivity contribution < 1.29 is 13.2 Å². The molecule has 0 saturated heterocycles. The Morgan fingerprint density at radius 2 is 1.74 bits per heavy atom. The second-order valence-electron chi connectivity index (χ2n) is 5.14. The first-order valence-corrected chi connectivity index (χ1v) is 9.08. The quantitative estimate of drug-likeness (QED) is 0.784. The second kappa shape index (κ2) is 6.73. The Hall–Kier alpha value is -0.580. The summed E-state index contributed by atoms with van der Waals surface area (Å²) in [5.41, 5.74) is 1.17. The van der Waals surface area contributed by atoms with Gasteiger partial charge in [-0.3, -0.25) is 0 Å². The topological polar surface area (TPSA) is 43.4 Å². The molecular formula is C14H19ClO3S. The standard InChI is InChI=1S/C14H19ClO3S/c15-19(16,17)11-13-6-8-14(9-7-13)18-10-12-4-2-1-3-5-12/h1-5,13-14H,6-11H2/t13-,14-. The van der Waals surface area contributed by atoms with Crippen molar-refractivity contribution in [3.05, 3.63) is 35.9 Å². The lowest BCUT2D eigenvalue weighted by atomic mass is 9.89. The van der Waals surface area contributed by atoms with Gasteiger partial charge in [0.25, 0.3) is 0 Å². The van der Waals surface area contributed by atoms with Gasteiger partial charge in [-0.2, -0.15) is 0 Å². The first kappa shape index (κ1) is 14.8. The Balaban J connectivity index is 1.72. The van der Waals surface area contributed by atoms with E-state index in [1.54, 1.807) is 0 Å². The molecule has 5 heteroatoms. The zero-order valence-corrected chi connectivity index (χ0v) is 12.4. The van der Waals surface area contributed by atoms with Gasteiger partial charge in [-0.1, -0.05) is 30.3 Å². The van der Waals surface area contributed by atoms with Crippen molar-refractivity contribution in [2.75, 3.05) is 5.75 Å². The maximum atomic E-state index is 11.0. The van der Waals surface area contributed by atoms with Crippen LogP contribution in [0.1, 0.15) is 31.2 Å². The second-order valence-corrected chi connectivity index (χ2v) is 7.97. The Bertz CT molecular complexity index is 479. The summed E-state index contributed by atoms with van der Waals surface area (Å²) in [4.78, 5) is 0. The molecule has 1 aliphatic rings. The Labute approximate surface area is 119 Å². The van der Waals surface area contributed by atoms with Crippen molar-refractivity contribution in [2.24, 2.45) is 5.92 Å². The molecule has 1 aliphatic carbocycles. The fourth-order valence-electron chi connectivity index (χ4n) is 2.54. The highest BCUT2D eigenvalue weighted by molar-refractivity contribution is 8.13. The zero-order valence-electron chi connectivity index (χ0n) is 10.8. The minimum Gasteiger partial charge on any atom is -0.374 e. The smallest absolute Gasteiger partial charge is 0.232 e. The van der Waals surface area contributed by atoms with Crippen LogP contribution in [0.4, 0.5) is 0 Å². The summed E-state index contributed by atoms with van der Waals surface area (Å²) in [5.74, 6) is 0.291. The lowest BCUT2D eigenvalue weighted by molar-refractivity contribution is 0.00907. The summed E-state index contributed by atoms with van der Waals surface area (Å²) in [5, 5.41) is 0. The van der Waals surface area contributed by atoms with E-state index < -0.39 is 9.05 Å². The van der Waals surface area contributed by atoms with Gasteiger partial charge in [0.15, 0.2) is 0 Å². The lowest BCUT2D eigenvalue weighted by Crippen LogP contribution is -2.24. The molecule has 0 heterocycles. The largest absolute Gasteiger partial charge is 0.374 e. The fourth-order valence-corrected chi connectivity index (χ4v) is 3.97. The van der Waals surface area contributed by atoms with Crippen LogP contribution in [0.2, 0.25) is 0 Å². The van der Waals surface area contributed by atoms with Crippen molar-refractivity contribution in [1.82, 2.24) is 0 Å². The molecule has 2 rings (SSSR count). The third-order valence-corrected chi connectivity index (χ3v) is 4.80. The molecule has 0 radical (unpaired) electrons. The lowest BCUT2D eigenvalue weighted by Gasteiger charge is -2.27. The molecule has 1 saturated carbocycles. The molecule has 1 fully saturated rings. The van der Waals surface area contributed by atoms with Crippen LogP contribution >= 0.6 is 10.7 Å². The predicted molar refractivity (Wildman–Crippen MR) is 76.6 cm³/mol. The van der Waals surface area contributed by atoms with Gasteiger partial charge in [0, 0.05) is 10.7 Å². The monoisotopic (exact) mass is 302 g/mol. The third kappa shape index (κ3) is 5.51. The summed E-state index contributed by atoms with van der Waals surface area (Å²) < 4.78 is 27.9.